The third-order valence-corrected chi connectivity index (χ3v) is 4.70. The van der Waals surface area contributed by atoms with Gasteiger partial charge in [-0.05, 0) is 44.4 Å². The fraction of sp³-hybridized carbons (Fsp3) is 0.273. The minimum atomic E-state index is -0.244. The van der Waals surface area contributed by atoms with Crippen LogP contribution in [0.1, 0.15) is 38.3 Å². The van der Waals surface area contributed by atoms with Crippen molar-refractivity contribution < 1.29 is 4.79 Å². The van der Waals surface area contributed by atoms with Crippen molar-refractivity contribution in [3.05, 3.63) is 83.4 Å². The van der Waals surface area contributed by atoms with Gasteiger partial charge in [-0.2, -0.15) is 5.10 Å². The molecule has 3 rings (SSSR count). The van der Waals surface area contributed by atoms with Crippen molar-refractivity contribution in [2.75, 3.05) is 0 Å². The number of rotatable bonds is 5. The van der Waals surface area contributed by atoms with Crippen molar-refractivity contribution in [3.8, 4) is 0 Å². The van der Waals surface area contributed by atoms with Gasteiger partial charge >= 0.3 is 0 Å². The van der Waals surface area contributed by atoms with Crippen molar-refractivity contribution in [3.63, 3.8) is 0 Å². The van der Waals surface area contributed by atoms with Crippen molar-refractivity contribution in [1.82, 2.24) is 5.43 Å². The smallest absolute Gasteiger partial charge is 0.244 e. The first-order valence-electron chi connectivity index (χ1n) is 8.64. The summed E-state index contributed by atoms with van der Waals surface area (Å²) in [6, 6.07) is 20.6. The third-order valence-electron chi connectivity index (χ3n) is 4.70. The SMILES string of the molecule is CC(C)=CC(C)=NNC(=O)C1CC1(c1ccccc1)c1ccccc1. The average Bonchev–Trinajstić information content (AvgIpc) is 3.38. The molecule has 1 aliphatic rings. The second-order valence-corrected chi connectivity index (χ2v) is 6.91. The lowest BCUT2D eigenvalue weighted by atomic mass is 9.85. The Kier molecular flexibility index (Phi) is 4.84. The normalized spacial score (nSPS) is 18.4. The van der Waals surface area contributed by atoms with E-state index in [4.69, 9.17) is 0 Å². The molecule has 1 atom stereocenters. The highest BCUT2D eigenvalue weighted by Gasteiger charge is 2.60. The summed E-state index contributed by atoms with van der Waals surface area (Å²) in [5.74, 6) is -0.116. The number of allylic oxidation sites excluding steroid dienone is 2. The molecule has 0 aromatic heterocycles. The number of benzene rings is 2. The van der Waals surface area contributed by atoms with E-state index in [0.717, 1.165) is 17.7 Å². The molecular weight excluding hydrogens is 308 g/mol. The number of carbonyl (C=O) groups is 1. The van der Waals surface area contributed by atoms with E-state index in [1.807, 2.05) is 63.2 Å². The van der Waals surface area contributed by atoms with E-state index in [2.05, 4.69) is 34.8 Å². The molecule has 1 saturated carbocycles. The minimum absolute atomic E-state index is 0.0192. The lowest BCUT2D eigenvalue weighted by molar-refractivity contribution is -0.122. The van der Waals surface area contributed by atoms with Gasteiger partial charge in [-0.15, -0.1) is 0 Å². The Labute approximate surface area is 149 Å². The maximum absolute atomic E-state index is 12.7. The second kappa shape index (κ2) is 7.06. The average molecular weight is 332 g/mol. The van der Waals surface area contributed by atoms with Crippen LogP contribution in [-0.4, -0.2) is 11.6 Å². The van der Waals surface area contributed by atoms with E-state index in [9.17, 15) is 4.79 Å². The Morgan fingerprint density at radius 3 is 2.00 bits per heavy atom. The molecule has 1 fully saturated rings. The Hall–Kier alpha value is -2.68. The largest absolute Gasteiger partial charge is 0.273 e. The molecule has 3 nitrogen and oxygen atoms in total. The van der Waals surface area contributed by atoms with Crippen LogP contribution in [0.2, 0.25) is 0 Å². The van der Waals surface area contributed by atoms with Gasteiger partial charge in [0.15, 0.2) is 0 Å². The van der Waals surface area contributed by atoms with Crippen molar-refractivity contribution in [2.24, 2.45) is 11.0 Å². The molecule has 25 heavy (non-hydrogen) atoms. The van der Waals surface area contributed by atoms with E-state index in [1.54, 1.807) is 0 Å². The fourth-order valence-corrected chi connectivity index (χ4v) is 3.53. The van der Waals surface area contributed by atoms with E-state index in [-0.39, 0.29) is 17.2 Å². The zero-order chi connectivity index (χ0) is 17.9. The first-order chi connectivity index (χ1) is 12.0. The van der Waals surface area contributed by atoms with Gasteiger partial charge in [0.1, 0.15) is 0 Å². The Bertz CT molecular complexity index is 763. The number of hydrogen-bond donors (Lipinski definition) is 1. The first-order valence-corrected chi connectivity index (χ1v) is 8.64. The standard InChI is InChI=1S/C22H24N2O/c1-16(2)14-17(3)23-24-21(25)20-15-22(20,18-10-6-4-7-11-18)19-12-8-5-9-13-19/h4-14,20H,15H2,1-3H3,(H,24,25). The Balaban J connectivity index is 1.86. The van der Waals surface area contributed by atoms with Crippen molar-refractivity contribution in [1.29, 1.82) is 0 Å². The van der Waals surface area contributed by atoms with Gasteiger partial charge in [0, 0.05) is 5.41 Å². The van der Waals surface area contributed by atoms with Gasteiger partial charge in [0.25, 0.3) is 0 Å². The predicted octanol–water partition coefficient (Wildman–Crippen LogP) is 4.45. The van der Waals surface area contributed by atoms with E-state index in [0.29, 0.717) is 0 Å². The van der Waals surface area contributed by atoms with Gasteiger partial charge in [0.05, 0.1) is 11.6 Å². The van der Waals surface area contributed by atoms with Crippen LogP contribution in [0, 0.1) is 5.92 Å². The summed E-state index contributed by atoms with van der Waals surface area (Å²) >= 11 is 0. The highest BCUT2D eigenvalue weighted by Crippen LogP contribution is 2.58. The molecule has 2 aromatic rings. The summed E-state index contributed by atoms with van der Waals surface area (Å²) in [5.41, 5.74) is 6.84. The molecular formula is C22H24N2O. The Morgan fingerprint density at radius 2 is 1.52 bits per heavy atom. The maximum atomic E-state index is 12.7. The molecule has 1 amide bonds. The van der Waals surface area contributed by atoms with E-state index < -0.39 is 0 Å². The minimum Gasteiger partial charge on any atom is -0.273 e. The monoisotopic (exact) mass is 332 g/mol. The number of hydrogen-bond acceptors (Lipinski definition) is 2. The molecule has 0 heterocycles. The number of nitrogens with zero attached hydrogens (tertiary/aromatic N) is 1. The first kappa shape index (κ1) is 17.2. The summed E-state index contributed by atoms with van der Waals surface area (Å²) in [5, 5.41) is 4.22. The molecule has 1 aliphatic carbocycles. The summed E-state index contributed by atoms with van der Waals surface area (Å²) in [6.45, 7) is 5.91. The second-order valence-electron chi connectivity index (χ2n) is 6.91. The number of carbonyl (C=O) groups excluding carboxylic acids is 1. The number of hydrazone groups is 1. The summed E-state index contributed by atoms with van der Waals surface area (Å²) < 4.78 is 0. The molecule has 1 N–H and O–H groups in total. The van der Waals surface area contributed by atoms with Gasteiger partial charge < -0.3 is 0 Å². The predicted molar refractivity (Wildman–Crippen MR) is 102 cm³/mol. The van der Waals surface area contributed by atoms with Crippen LogP contribution in [0.25, 0.3) is 0 Å². The molecule has 0 saturated heterocycles. The maximum Gasteiger partial charge on any atom is 0.244 e. The lowest BCUT2D eigenvalue weighted by Crippen LogP contribution is -2.26. The van der Waals surface area contributed by atoms with Crippen LogP contribution in [-0.2, 0) is 10.2 Å². The van der Waals surface area contributed by atoms with Gasteiger partial charge in [-0.1, -0.05) is 66.2 Å². The molecule has 1 unspecified atom stereocenters. The zero-order valence-corrected chi connectivity index (χ0v) is 15.0. The highest BCUT2D eigenvalue weighted by molar-refractivity contribution is 5.94. The highest BCUT2D eigenvalue weighted by atomic mass is 16.2. The third kappa shape index (κ3) is 3.55. The van der Waals surface area contributed by atoms with Gasteiger partial charge in [0.2, 0.25) is 5.91 Å². The van der Waals surface area contributed by atoms with Crippen LogP contribution >= 0.6 is 0 Å². The molecule has 0 spiro atoms. The molecule has 0 bridgehead atoms. The fourth-order valence-electron chi connectivity index (χ4n) is 3.53. The number of nitrogens with one attached hydrogen (secondary N) is 1. The van der Waals surface area contributed by atoms with Crippen molar-refractivity contribution >= 4 is 11.6 Å². The van der Waals surface area contributed by atoms with Crippen molar-refractivity contribution in [2.45, 2.75) is 32.6 Å². The molecule has 2 aromatic carbocycles. The lowest BCUT2D eigenvalue weighted by Gasteiger charge is -2.18. The van der Waals surface area contributed by atoms with Crippen LogP contribution in [0.4, 0.5) is 0 Å². The van der Waals surface area contributed by atoms with Crippen LogP contribution in [0.5, 0.6) is 0 Å². The molecule has 0 aliphatic heterocycles. The van der Waals surface area contributed by atoms with Crippen LogP contribution < -0.4 is 5.43 Å². The molecule has 0 radical (unpaired) electrons. The summed E-state index contributed by atoms with van der Waals surface area (Å²) in [6.07, 6.45) is 2.76. The van der Waals surface area contributed by atoms with E-state index >= 15 is 0 Å². The molecule has 128 valence electrons. The zero-order valence-electron chi connectivity index (χ0n) is 15.0. The number of amides is 1. The quantitative estimate of drug-likeness (QED) is 0.638. The topological polar surface area (TPSA) is 41.5 Å². The molecule has 3 heteroatoms. The summed E-state index contributed by atoms with van der Waals surface area (Å²) in [7, 11) is 0. The van der Waals surface area contributed by atoms with Crippen LogP contribution in [0.15, 0.2) is 77.4 Å². The van der Waals surface area contributed by atoms with Gasteiger partial charge in [-0.3, -0.25) is 4.79 Å². The summed E-state index contributed by atoms with van der Waals surface area (Å²) in [4.78, 5) is 12.7. The van der Waals surface area contributed by atoms with E-state index in [1.165, 1.54) is 11.1 Å². The Morgan fingerprint density at radius 1 is 1.00 bits per heavy atom. The van der Waals surface area contributed by atoms with Crippen LogP contribution in [0.3, 0.4) is 0 Å². The van der Waals surface area contributed by atoms with Gasteiger partial charge in [-0.25, -0.2) is 5.43 Å².